The van der Waals surface area contributed by atoms with E-state index < -0.39 is 17.8 Å². The third-order valence-corrected chi connectivity index (χ3v) is 5.67. The van der Waals surface area contributed by atoms with E-state index in [4.69, 9.17) is 0 Å². The molecule has 20 heavy (non-hydrogen) atoms. The highest BCUT2D eigenvalue weighted by Crippen LogP contribution is 2.39. The number of aliphatic hydroxyl groups is 1. The molecule has 108 valence electrons. The van der Waals surface area contributed by atoms with Gasteiger partial charge in [-0.15, -0.1) is 11.3 Å². The van der Waals surface area contributed by atoms with Gasteiger partial charge in [0.05, 0.1) is 9.35 Å². The Morgan fingerprint density at radius 1 is 1.20 bits per heavy atom. The van der Waals surface area contributed by atoms with E-state index in [2.05, 4.69) is 31.9 Å². The van der Waals surface area contributed by atoms with Crippen molar-refractivity contribution >= 4 is 43.2 Å². The van der Waals surface area contributed by atoms with Gasteiger partial charge in [0.1, 0.15) is 6.10 Å². The van der Waals surface area contributed by atoms with Crippen LogP contribution in [0.2, 0.25) is 0 Å². The minimum atomic E-state index is -4.43. The van der Waals surface area contributed by atoms with E-state index in [1.807, 2.05) is 6.92 Å². The highest BCUT2D eigenvalue weighted by molar-refractivity contribution is 9.11. The lowest BCUT2D eigenvalue weighted by molar-refractivity contribution is -0.137. The van der Waals surface area contributed by atoms with Crippen LogP contribution in [0.4, 0.5) is 13.2 Å². The van der Waals surface area contributed by atoms with Crippen molar-refractivity contribution in [1.29, 1.82) is 0 Å². The molecule has 1 unspecified atom stereocenters. The Hall–Kier alpha value is -0.370. The summed E-state index contributed by atoms with van der Waals surface area (Å²) in [5.74, 6) is 0. The third kappa shape index (κ3) is 3.27. The first-order valence-electron chi connectivity index (χ1n) is 5.50. The first kappa shape index (κ1) is 16.0. The maximum absolute atomic E-state index is 12.7. The summed E-state index contributed by atoms with van der Waals surface area (Å²) >= 11 is 7.83. The Balaban J connectivity index is 2.46. The minimum absolute atomic E-state index is 0.202. The fraction of sp³-hybridized carbons (Fsp3) is 0.231. The minimum Gasteiger partial charge on any atom is -0.383 e. The molecular weight excluding hydrogens is 421 g/mol. The number of alkyl halides is 3. The number of thiophene rings is 1. The summed E-state index contributed by atoms with van der Waals surface area (Å²) in [6.45, 7) is 1.86. The maximum Gasteiger partial charge on any atom is 0.416 e. The zero-order valence-electron chi connectivity index (χ0n) is 10.1. The van der Waals surface area contributed by atoms with Crippen LogP contribution < -0.4 is 0 Å². The van der Waals surface area contributed by atoms with E-state index in [0.717, 1.165) is 21.5 Å². The van der Waals surface area contributed by atoms with Gasteiger partial charge < -0.3 is 5.11 Å². The quantitative estimate of drug-likeness (QED) is 0.650. The highest BCUT2D eigenvalue weighted by Gasteiger charge is 2.32. The van der Waals surface area contributed by atoms with Gasteiger partial charge in [0.2, 0.25) is 0 Å². The standard InChI is InChI=1S/C13H9Br2F3OS/c1-6-4-10(20-12(6)15)11(19)8-5-7(13(16,17)18)2-3-9(8)14/h2-5,11,19H,1H3. The second-order valence-electron chi connectivity index (χ2n) is 4.24. The van der Waals surface area contributed by atoms with Gasteiger partial charge in [0, 0.05) is 14.9 Å². The van der Waals surface area contributed by atoms with Gasteiger partial charge in [-0.1, -0.05) is 15.9 Å². The summed E-state index contributed by atoms with van der Waals surface area (Å²) in [7, 11) is 0. The molecule has 0 aliphatic rings. The summed E-state index contributed by atoms with van der Waals surface area (Å²) in [5.41, 5.74) is 0.364. The van der Waals surface area contributed by atoms with Gasteiger partial charge in [-0.25, -0.2) is 0 Å². The molecule has 1 heterocycles. The van der Waals surface area contributed by atoms with Gasteiger partial charge >= 0.3 is 6.18 Å². The van der Waals surface area contributed by atoms with Crippen LogP contribution in [0.1, 0.15) is 27.7 Å². The molecular formula is C13H9Br2F3OS. The average molecular weight is 430 g/mol. The molecule has 1 N–H and O–H groups in total. The van der Waals surface area contributed by atoms with E-state index >= 15 is 0 Å². The third-order valence-electron chi connectivity index (χ3n) is 2.76. The molecule has 1 aromatic carbocycles. The molecule has 0 aliphatic carbocycles. The van der Waals surface area contributed by atoms with Crippen LogP contribution in [0.5, 0.6) is 0 Å². The summed E-state index contributed by atoms with van der Waals surface area (Å²) in [6.07, 6.45) is -5.53. The van der Waals surface area contributed by atoms with Gasteiger partial charge in [-0.05, 0) is 52.7 Å². The summed E-state index contributed by atoms with van der Waals surface area (Å²) < 4.78 is 39.5. The van der Waals surface area contributed by atoms with Crippen molar-refractivity contribution in [3.8, 4) is 0 Å². The van der Waals surface area contributed by atoms with Gasteiger partial charge in [0.25, 0.3) is 0 Å². The zero-order valence-corrected chi connectivity index (χ0v) is 14.1. The molecule has 2 aromatic rings. The van der Waals surface area contributed by atoms with Crippen LogP contribution in [0.25, 0.3) is 0 Å². The lowest BCUT2D eigenvalue weighted by atomic mass is 10.0. The second kappa shape index (κ2) is 5.79. The fourth-order valence-corrected chi connectivity index (χ4v) is 3.74. The molecule has 0 bridgehead atoms. The number of hydrogen-bond donors (Lipinski definition) is 1. The Labute approximate surface area is 134 Å². The van der Waals surface area contributed by atoms with Crippen molar-refractivity contribution in [3.63, 3.8) is 0 Å². The van der Waals surface area contributed by atoms with Gasteiger partial charge in [-0.3, -0.25) is 0 Å². The van der Waals surface area contributed by atoms with E-state index in [0.29, 0.717) is 9.35 Å². The first-order valence-corrected chi connectivity index (χ1v) is 7.91. The van der Waals surface area contributed by atoms with E-state index in [-0.39, 0.29) is 5.56 Å². The number of rotatable bonds is 2. The van der Waals surface area contributed by atoms with Crippen molar-refractivity contribution in [2.24, 2.45) is 0 Å². The van der Waals surface area contributed by atoms with Crippen LogP contribution in [0, 0.1) is 6.92 Å². The molecule has 0 saturated heterocycles. The van der Waals surface area contributed by atoms with Crippen LogP contribution >= 0.6 is 43.2 Å². The highest BCUT2D eigenvalue weighted by atomic mass is 79.9. The van der Waals surface area contributed by atoms with E-state index in [1.54, 1.807) is 6.07 Å². The number of hydrogen-bond acceptors (Lipinski definition) is 2. The monoisotopic (exact) mass is 428 g/mol. The number of aliphatic hydroxyl groups excluding tert-OH is 1. The molecule has 0 amide bonds. The Morgan fingerprint density at radius 2 is 1.85 bits per heavy atom. The molecule has 0 spiro atoms. The largest absolute Gasteiger partial charge is 0.416 e. The van der Waals surface area contributed by atoms with Crippen molar-refractivity contribution < 1.29 is 18.3 Å². The van der Waals surface area contributed by atoms with Crippen LogP contribution in [0.15, 0.2) is 32.5 Å². The van der Waals surface area contributed by atoms with E-state index in [1.165, 1.54) is 17.4 Å². The zero-order chi connectivity index (χ0) is 15.1. The van der Waals surface area contributed by atoms with Crippen LogP contribution in [0.3, 0.4) is 0 Å². The lowest BCUT2D eigenvalue weighted by Gasteiger charge is -2.14. The average Bonchev–Trinajstić information content (AvgIpc) is 2.68. The summed E-state index contributed by atoms with van der Waals surface area (Å²) in [6, 6.07) is 5.01. The predicted octanol–water partition coefficient (Wildman–Crippen LogP) is 5.68. The number of halogens is 5. The molecule has 2 rings (SSSR count). The lowest BCUT2D eigenvalue weighted by Crippen LogP contribution is -2.07. The smallest absolute Gasteiger partial charge is 0.383 e. The molecule has 1 nitrogen and oxygen atoms in total. The molecule has 1 atom stereocenters. The van der Waals surface area contributed by atoms with Crippen molar-refractivity contribution in [1.82, 2.24) is 0 Å². The first-order chi connectivity index (χ1) is 9.20. The Bertz CT molecular complexity index is 618. The SMILES string of the molecule is Cc1cc(C(O)c2cc(C(F)(F)F)ccc2Br)sc1Br. The van der Waals surface area contributed by atoms with Crippen LogP contribution in [-0.4, -0.2) is 5.11 Å². The van der Waals surface area contributed by atoms with Gasteiger partial charge in [0.15, 0.2) is 0 Å². The molecule has 1 aromatic heterocycles. The number of benzene rings is 1. The predicted molar refractivity (Wildman–Crippen MR) is 80.0 cm³/mol. The summed E-state index contributed by atoms with van der Waals surface area (Å²) in [4.78, 5) is 0.592. The number of aryl methyl sites for hydroxylation is 1. The van der Waals surface area contributed by atoms with Crippen LogP contribution in [-0.2, 0) is 6.18 Å². The molecule has 0 aliphatic heterocycles. The summed E-state index contributed by atoms with van der Waals surface area (Å²) in [5, 5.41) is 10.3. The molecule has 0 saturated carbocycles. The molecule has 7 heteroatoms. The van der Waals surface area contributed by atoms with Gasteiger partial charge in [-0.2, -0.15) is 13.2 Å². The van der Waals surface area contributed by atoms with Crippen molar-refractivity contribution in [3.05, 3.63) is 54.1 Å². The topological polar surface area (TPSA) is 20.2 Å². The Kier molecular flexibility index (Phi) is 4.63. The van der Waals surface area contributed by atoms with Crippen molar-refractivity contribution in [2.45, 2.75) is 19.2 Å². The normalized spacial score (nSPS) is 13.6. The molecule has 0 fully saturated rings. The Morgan fingerprint density at radius 3 is 2.35 bits per heavy atom. The molecule has 0 radical (unpaired) electrons. The van der Waals surface area contributed by atoms with E-state index in [9.17, 15) is 18.3 Å². The fourth-order valence-electron chi connectivity index (χ4n) is 1.70. The maximum atomic E-state index is 12.7. The second-order valence-corrected chi connectivity index (χ2v) is 7.50. The van der Waals surface area contributed by atoms with Crippen molar-refractivity contribution in [2.75, 3.05) is 0 Å².